The Hall–Kier alpha value is -0.940. The van der Waals surface area contributed by atoms with Gasteiger partial charge < -0.3 is 11.1 Å². The van der Waals surface area contributed by atoms with Crippen LogP contribution in [0.4, 0.5) is 5.13 Å². The van der Waals surface area contributed by atoms with Gasteiger partial charge in [0, 0.05) is 11.9 Å². The third kappa shape index (κ3) is 2.52. The van der Waals surface area contributed by atoms with Crippen LogP contribution in [0.15, 0.2) is 5.38 Å². The minimum atomic E-state index is -0.542. The lowest BCUT2D eigenvalue weighted by Crippen LogP contribution is -2.37. The maximum atomic E-state index is 11.7. The van der Waals surface area contributed by atoms with Gasteiger partial charge in [-0.1, -0.05) is 0 Å². The summed E-state index contributed by atoms with van der Waals surface area (Å²) in [6, 6.07) is 0. The van der Waals surface area contributed by atoms with Crippen molar-refractivity contribution in [2.45, 2.75) is 20.8 Å². The third-order valence-corrected chi connectivity index (χ3v) is 2.84. The van der Waals surface area contributed by atoms with Crippen LogP contribution >= 0.6 is 11.3 Å². The second kappa shape index (κ2) is 4.06. The molecule has 1 amide bonds. The summed E-state index contributed by atoms with van der Waals surface area (Å²) in [6.45, 7) is 5.83. The summed E-state index contributed by atoms with van der Waals surface area (Å²) in [6.07, 6.45) is 0. The molecule has 0 saturated heterocycles. The lowest BCUT2D eigenvalue weighted by atomic mass is 9.93. The van der Waals surface area contributed by atoms with E-state index in [9.17, 15) is 4.79 Å². The van der Waals surface area contributed by atoms with Crippen LogP contribution in [0.3, 0.4) is 0 Å². The summed E-state index contributed by atoms with van der Waals surface area (Å²) in [5.41, 5.74) is 5.86. The Labute approximate surface area is 87.5 Å². The zero-order valence-electron chi connectivity index (χ0n) is 8.63. The van der Waals surface area contributed by atoms with Gasteiger partial charge >= 0.3 is 0 Å². The Balaban J connectivity index is 2.66. The van der Waals surface area contributed by atoms with Crippen molar-refractivity contribution < 1.29 is 4.79 Å². The normalized spacial score (nSPS) is 11.4. The molecule has 0 saturated carbocycles. The molecule has 0 radical (unpaired) electrons. The SMILES string of the molecule is Cc1csc(NC(=O)C(C)(C)CN)n1. The van der Waals surface area contributed by atoms with Gasteiger partial charge in [0.2, 0.25) is 5.91 Å². The highest BCUT2D eigenvalue weighted by Crippen LogP contribution is 2.19. The average molecular weight is 213 g/mol. The number of nitrogens with one attached hydrogen (secondary N) is 1. The quantitative estimate of drug-likeness (QED) is 0.797. The van der Waals surface area contributed by atoms with Gasteiger partial charge in [0.05, 0.1) is 11.1 Å². The van der Waals surface area contributed by atoms with Crippen molar-refractivity contribution in [2.75, 3.05) is 11.9 Å². The van der Waals surface area contributed by atoms with Crippen molar-refractivity contribution >= 4 is 22.4 Å². The standard InChI is InChI=1S/C9H15N3OS/c1-6-4-14-8(11-6)12-7(13)9(2,3)5-10/h4H,5,10H2,1-3H3,(H,11,12,13). The van der Waals surface area contributed by atoms with Crippen LogP contribution in [0, 0.1) is 12.3 Å². The van der Waals surface area contributed by atoms with Crippen molar-refractivity contribution in [1.82, 2.24) is 4.98 Å². The number of aryl methyl sites for hydroxylation is 1. The minimum Gasteiger partial charge on any atom is -0.329 e. The van der Waals surface area contributed by atoms with Gasteiger partial charge in [-0.3, -0.25) is 4.79 Å². The number of hydrogen-bond acceptors (Lipinski definition) is 4. The van der Waals surface area contributed by atoms with Crippen LogP contribution in [-0.4, -0.2) is 17.4 Å². The molecule has 0 spiro atoms. The van der Waals surface area contributed by atoms with E-state index >= 15 is 0 Å². The molecule has 0 aliphatic carbocycles. The molecule has 1 rings (SSSR count). The van der Waals surface area contributed by atoms with Crippen LogP contribution < -0.4 is 11.1 Å². The number of carbonyl (C=O) groups excluding carboxylic acids is 1. The molecule has 0 fully saturated rings. The van der Waals surface area contributed by atoms with Crippen molar-refractivity contribution in [3.63, 3.8) is 0 Å². The number of hydrogen-bond donors (Lipinski definition) is 2. The van der Waals surface area contributed by atoms with Crippen LogP contribution in [0.5, 0.6) is 0 Å². The lowest BCUT2D eigenvalue weighted by molar-refractivity contribution is -0.123. The van der Waals surface area contributed by atoms with E-state index in [-0.39, 0.29) is 5.91 Å². The molecule has 1 aromatic heterocycles. The van der Waals surface area contributed by atoms with E-state index in [1.165, 1.54) is 11.3 Å². The van der Waals surface area contributed by atoms with E-state index in [1.54, 1.807) is 0 Å². The minimum absolute atomic E-state index is 0.0886. The molecule has 0 unspecified atom stereocenters. The Morgan fingerprint density at radius 2 is 2.36 bits per heavy atom. The largest absolute Gasteiger partial charge is 0.329 e. The molecule has 0 aromatic carbocycles. The van der Waals surface area contributed by atoms with Gasteiger partial charge in [-0.2, -0.15) is 0 Å². The number of anilines is 1. The molecule has 0 bridgehead atoms. The van der Waals surface area contributed by atoms with Crippen LogP contribution in [0.2, 0.25) is 0 Å². The predicted molar refractivity (Wildman–Crippen MR) is 58.3 cm³/mol. The summed E-state index contributed by atoms with van der Waals surface area (Å²) in [7, 11) is 0. The van der Waals surface area contributed by atoms with Crippen LogP contribution in [0.25, 0.3) is 0 Å². The van der Waals surface area contributed by atoms with Gasteiger partial charge in [-0.05, 0) is 20.8 Å². The predicted octanol–water partition coefficient (Wildman–Crippen LogP) is 1.37. The monoisotopic (exact) mass is 213 g/mol. The van der Waals surface area contributed by atoms with Gasteiger partial charge in [-0.15, -0.1) is 11.3 Å². The number of amides is 1. The van der Waals surface area contributed by atoms with E-state index in [4.69, 9.17) is 5.73 Å². The van der Waals surface area contributed by atoms with Gasteiger partial charge in [0.15, 0.2) is 5.13 Å². The number of nitrogens with two attached hydrogens (primary N) is 1. The number of aromatic nitrogens is 1. The molecule has 14 heavy (non-hydrogen) atoms. The first-order valence-electron chi connectivity index (χ1n) is 4.39. The molecule has 5 heteroatoms. The summed E-state index contributed by atoms with van der Waals surface area (Å²) < 4.78 is 0. The average Bonchev–Trinajstić information content (AvgIpc) is 2.51. The molecule has 0 atom stereocenters. The zero-order valence-corrected chi connectivity index (χ0v) is 9.44. The fourth-order valence-corrected chi connectivity index (χ4v) is 1.45. The first kappa shape index (κ1) is 11.1. The Bertz CT molecular complexity index is 333. The second-order valence-electron chi connectivity index (χ2n) is 3.84. The molecule has 4 nitrogen and oxygen atoms in total. The van der Waals surface area contributed by atoms with E-state index < -0.39 is 5.41 Å². The Morgan fingerprint density at radius 3 is 2.79 bits per heavy atom. The highest BCUT2D eigenvalue weighted by Gasteiger charge is 2.26. The highest BCUT2D eigenvalue weighted by atomic mass is 32.1. The first-order chi connectivity index (χ1) is 6.45. The lowest BCUT2D eigenvalue weighted by Gasteiger charge is -2.19. The van der Waals surface area contributed by atoms with Crippen molar-refractivity contribution in [1.29, 1.82) is 0 Å². The highest BCUT2D eigenvalue weighted by molar-refractivity contribution is 7.13. The van der Waals surface area contributed by atoms with Gasteiger partial charge in [0.25, 0.3) is 0 Å². The third-order valence-electron chi connectivity index (χ3n) is 1.96. The summed E-state index contributed by atoms with van der Waals surface area (Å²) in [5, 5.41) is 5.27. The number of nitrogens with zero attached hydrogens (tertiary/aromatic N) is 1. The van der Waals surface area contributed by atoms with Crippen LogP contribution in [0.1, 0.15) is 19.5 Å². The molecule has 0 aliphatic heterocycles. The van der Waals surface area contributed by atoms with Crippen molar-refractivity contribution in [3.05, 3.63) is 11.1 Å². The van der Waals surface area contributed by atoms with E-state index in [0.29, 0.717) is 11.7 Å². The number of thiazole rings is 1. The second-order valence-corrected chi connectivity index (χ2v) is 4.69. The van der Waals surface area contributed by atoms with Crippen molar-refractivity contribution in [3.8, 4) is 0 Å². The molecule has 0 aliphatic rings. The van der Waals surface area contributed by atoms with Crippen LogP contribution in [-0.2, 0) is 4.79 Å². The first-order valence-corrected chi connectivity index (χ1v) is 5.27. The van der Waals surface area contributed by atoms with Gasteiger partial charge in [0.1, 0.15) is 0 Å². The summed E-state index contributed by atoms with van der Waals surface area (Å²) >= 11 is 1.42. The summed E-state index contributed by atoms with van der Waals surface area (Å²) in [4.78, 5) is 15.8. The van der Waals surface area contributed by atoms with Crippen molar-refractivity contribution in [2.24, 2.45) is 11.1 Å². The number of carbonyl (C=O) groups is 1. The molecular weight excluding hydrogens is 198 g/mol. The molecule has 78 valence electrons. The molecule has 1 heterocycles. The fraction of sp³-hybridized carbons (Fsp3) is 0.556. The topological polar surface area (TPSA) is 68.0 Å². The van der Waals surface area contributed by atoms with E-state index in [0.717, 1.165) is 5.69 Å². The van der Waals surface area contributed by atoms with E-state index in [2.05, 4.69) is 10.3 Å². The molecular formula is C9H15N3OS. The summed E-state index contributed by atoms with van der Waals surface area (Å²) in [5.74, 6) is -0.0886. The molecule has 1 aromatic rings. The Kier molecular flexibility index (Phi) is 3.23. The maximum absolute atomic E-state index is 11.7. The maximum Gasteiger partial charge on any atom is 0.233 e. The Morgan fingerprint density at radius 1 is 1.71 bits per heavy atom. The fourth-order valence-electron chi connectivity index (χ4n) is 0.770. The molecule has 3 N–H and O–H groups in total. The van der Waals surface area contributed by atoms with Gasteiger partial charge in [-0.25, -0.2) is 4.98 Å². The smallest absolute Gasteiger partial charge is 0.233 e. The number of rotatable bonds is 3. The van der Waals surface area contributed by atoms with E-state index in [1.807, 2.05) is 26.2 Å². The zero-order chi connectivity index (χ0) is 10.8.